The van der Waals surface area contributed by atoms with Crippen LogP contribution in [0.5, 0.6) is 0 Å². The minimum absolute atomic E-state index is 0.0476. The zero-order valence-electron chi connectivity index (χ0n) is 16.4. The molecule has 11 nitrogen and oxygen atoms in total. The molecule has 0 aliphatic carbocycles. The lowest BCUT2D eigenvalue weighted by Gasteiger charge is -2.44. The maximum absolute atomic E-state index is 11.6. The molecular formula is C17H23NO10S. The Morgan fingerprint density at radius 2 is 1.45 bits per heavy atom. The highest BCUT2D eigenvalue weighted by Crippen LogP contribution is 2.30. The number of hydrogen-bond acceptors (Lipinski definition) is 12. The monoisotopic (exact) mass is 433 g/mol. The number of esters is 4. The van der Waals surface area contributed by atoms with Crippen LogP contribution in [0.1, 0.15) is 27.7 Å². The number of carbonyl (C=O) groups excluding carboxylic acids is 4. The molecular weight excluding hydrogens is 410 g/mol. The van der Waals surface area contributed by atoms with Gasteiger partial charge in [0.25, 0.3) is 0 Å². The lowest BCUT2D eigenvalue weighted by Crippen LogP contribution is -2.63. The minimum Gasteiger partial charge on any atom is -0.463 e. The van der Waals surface area contributed by atoms with Gasteiger partial charge in [-0.15, -0.1) is 0 Å². The zero-order valence-corrected chi connectivity index (χ0v) is 17.3. The van der Waals surface area contributed by atoms with Gasteiger partial charge in [0, 0.05) is 33.4 Å². The topological polar surface area (TPSA) is 147 Å². The molecule has 1 aliphatic rings. The quantitative estimate of drug-likeness (QED) is 0.213. The molecule has 0 unspecified atom stereocenters. The first-order chi connectivity index (χ1) is 13.6. The average Bonchev–Trinajstić information content (AvgIpc) is 2.60. The molecule has 0 spiro atoms. The second-order valence-corrected chi connectivity index (χ2v) is 6.76. The van der Waals surface area contributed by atoms with Crippen LogP contribution in [0, 0.1) is 10.7 Å². The van der Waals surface area contributed by atoms with Crippen LogP contribution in [0.25, 0.3) is 0 Å². The Kier molecular flexibility index (Phi) is 10.4. The van der Waals surface area contributed by atoms with Crippen molar-refractivity contribution in [3.8, 4) is 5.40 Å². The van der Waals surface area contributed by atoms with E-state index in [2.05, 4.69) is 0 Å². The predicted molar refractivity (Wildman–Crippen MR) is 96.0 cm³/mol. The van der Waals surface area contributed by atoms with E-state index in [1.54, 1.807) is 0 Å². The van der Waals surface area contributed by atoms with E-state index in [-0.39, 0.29) is 13.2 Å². The van der Waals surface area contributed by atoms with E-state index in [0.29, 0.717) is 5.75 Å². The molecule has 1 rings (SSSR count). The van der Waals surface area contributed by atoms with Gasteiger partial charge < -0.3 is 28.4 Å². The fraction of sp³-hybridized carbons (Fsp3) is 0.706. The SMILES string of the molecule is CC(=O)OC[C@H]1O[C@H](OCCSC#N)[C@@H](OC(C)=O)[C@@H](OC(C)=O)[C@@H]1OC(C)=O. The van der Waals surface area contributed by atoms with Crippen LogP contribution in [-0.4, -0.2) is 73.5 Å². The number of hydrogen-bond donors (Lipinski definition) is 0. The molecule has 0 aromatic carbocycles. The van der Waals surface area contributed by atoms with Crippen molar-refractivity contribution in [1.29, 1.82) is 5.26 Å². The summed E-state index contributed by atoms with van der Waals surface area (Å²) < 4.78 is 31.9. The van der Waals surface area contributed by atoms with E-state index >= 15 is 0 Å². The summed E-state index contributed by atoms with van der Waals surface area (Å²) in [5, 5.41) is 10.5. The van der Waals surface area contributed by atoms with E-state index in [9.17, 15) is 19.2 Å². The number of nitrogens with zero attached hydrogens (tertiary/aromatic N) is 1. The molecule has 29 heavy (non-hydrogen) atoms. The number of nitriles is 1. The smallest absolute Gasteiger partial charge is 0.303 e. The van der Waals surface area contributed by atoms with Gasteiger partial charge in [-0.25, -0.2) is 0 Å². The van der Waals surface area contributed by atoms with Crippen LogP contribution in [0.3, 0.4) is 0 Å². The Bertz CT molecular complexity index is 649. The van der Waals surface area contributed by atoms with Crippen LogP contribution < -0.4 is 0 Å². The Morgan fingerprint density at radius 3 is 1.97 bits per heavy atom. The first kappa shape index (κ1) is 24.7. The van der Waals surface area contributed by atoms with E-state index in [0.717, 1.165) is 32.5 Å². The zero-order chi connectivity index (χ0) is 22.0. The van der Waals surface area contributed by atoms with Crippen molar-refractivity contribution in [2.24, 2.45) is 0 Å². The fourth-order valence-electron chi connectivity index (χ4n) is 2.57. The van der Waals surface area contributed by atoms with E-state index in [4.69, 9.17) is 33.7 Å². The fourth-order valence-corrected chi connectivity index (χ4v) is 2.85. The Morgan fingerprint density at radius 1 is 0.897 bits per heavy atom. The summed E-state index contributed by atoms with van der Waals surface area (Å²) in [5.74, 6) is -2.46. The molecule has 0 aromatic rings. The van der Waals surface area contributed by atoms with Gasteiger partial charge in [-0.3, -0.25) is 19.2 Å². The highest BCUT2D eigenvalue weighted by molar-refractivity contribution is 8.03. The molecule has 0 amide bonds. The van der Waals surface area contributed by atoms with E-state index < -0.39 is 54.6 Å². The van der Waals surface area contributed by atoms with Crippen molar-refractivity contribution in [3.63, 3.8) is 0 Å². The van der Waals surface area contributed by atoms with Crippen molar-refractivity contribution in [1.82, 2.24) is 0 Å². The molecule has 1 saturated heterocycles. The van der Waals surface area contributed by atoms with E-state index in [1.165, 1.54) is 6.92 Å². The van der Waals surface area contributed by atoms with Gasteiger partial charge in [-0.2, -0.15) is 5.26 Å². The lowest BCUT2D eigenvalue weighted by molar-refractivity contribution is -0.307. The van der Waals surface area contributed by atoms with E-state index in [1.807, 2.05) is 5.40 Å². The molecule has 1 aliphatic heterocycles. The maximum atomic E-state index is 11.6. The standard InChI is InChI=1S/C17H23NO10S/c1-9(19)24-7-13-14(25-10(2)20)15(26-11(3)21)16(27-12(4)22)17(28-13)23-5-6-29-8-18/h13-17H,5-7H2,1-4H3/t13-,14-,15+,16+,17+/m1/s1. The van der Waals surface area contributed by atoms with Gasteiger partial charge in [-0.05, 0) is 11.8 Å². The van der Waals surface area contributed by atoms with Gasteiger partial charge in [0.15, 0.2) is 24.6 Å². The lowest BCUT2D eigenvalue weighted by atomic mass is 9.98. The molecule has 162 valence electrons. The first-order valence-electron chi connectivity index (χ1n) is 8.58. The summed E-state index contributed by atoms with van der Waals surface area (Å²) in [4.78, 5) is 46.0. The Balaban J connectivity index is 3.19. The number of ether oxygens (including phenoxy) is 6. The summed E-state index contributed by atoms with van der Waals surface area (Å²) in [6.07, 6.45) is -6.06. The summed E-state index contributed by atoms with van der Waals surface area (Å²) in [5.41, 5.74) is 0. The van der Waals surface area contributed by atoms with Crippen molar-refractivity contribution in [2.75, 3.05) is 19.0 Å². The van der Waals surface area contributed by atoms with Crippen LogP contribution in [-0.2, 0) is 47.6 Å². The molecule has 0 aromatic heterocycles. The molecule has 0 N–H and O–H groups in total. The highest BCUT2D eigenvalue weighted by atomic mass is 32.2. The summed E-state index contributed by atoms with van der Waals surface area (Å²) in [6.45, 7) is 4.31. The number of rotatable bonds is 9. The second-order valence-electron chi connectivity index (χ2n) is 5.88. The largest absolute Gasteiger partial charge is 0.463 e. The van der Waals surface area contributed by atoms with Crippen LogP contribution in [0.2, 0.25) is 0 Å². The van der Waals surface area contributed by atoms with Crippen molar-refractivity contribution in [2.45, 2.75) is 58.4 Å². The summed E-state index contributed by atoms with van der Waals surface area (Å²) in [7, 11) is 0. The van der Waals surface area contributed by atoms with Gasteiger partial charge in [0.05, 0.1) is 6.61 Å². The van der Waals surface area contributed by atoms with Crippen LogP contribution in [0.15, 0.2) is 0 Å². The number of thioether (sulfide) groups is 1. The first-order valence-corrected chi connectivity index (χ1v) is 9.57. The Hall–Kier alpha value is -2.36. The molecule has 1 heterocycles. The summed E-state index contributed by atoms with van der Waals surface area (Å²) in [6, 6.07) is 0. The molecule has 0 bridgehead atoms. The molecule has 0 radical (unpaired) electrons. The number of carbonyl (C=O) groups is 4. The minimum atomic E-state index is -1.27. The van der Waals surface area contributed by atoms with Crippen molar-refractivity contribution in [3.05, 3.63) is 0 Å². The number of thiocyanates is 1. The highest BCUT2D eigenvalue weighted by Gasteiger charge is 2.52. The van der Waals surface area contributed by atoms with Crippen molar-refractivity contribution >= 4 is 35.6 Å². The van der Waals surface area contributed by atoms with Gasteiger partial charge >= 0.3 is 23.9 Å². The molecule has 0 saturated carbocycles. The maximum Gasteiger partial charge on any atom is 0.303 e. The third-order valence-electron chi connectivity index (χ3n) is 3.48. The van der Waals surface area contributed by atoms with Gasteiger partial charge in [0.1, 0.15) is 18.1 Å². The average molecular weight is 433 g/mol. The van der Waals surface area contributed by atoms with Crippen LogP contribution in [0.4, 0.5) is 0 Å². The second kappa shape index (κ2) is 12.3. The van der Waals surface area contributed by atoms with Crippen LogP contribution >= 0.6 is 11.8 Å². The molecule has 12 heteroatoms. The normalized spacial score (nSPS) is 26.0. The Labute approximate surface area is 171 Å². The summed E-state index contributed by atoms with van der Waals surface area (Å²) >= 11 is 0.940. The third-order valence-corrected chi connectivity index (χ3v) is 3.98. The van der Waals surface area contributed by atoms with Crippen molar-refractivity contribution < 1.29 is 47.6 Å². The third kappa shape index (κ3) is 8.68. The van der Waals surface area contributed by atoms with Gasteiger partial charge in [-0.1, -0.05) is 0 Å². The predicted octanol–water partition coefficient (Wildman–Crippen LogP) is 0.300. The molecule has 5 atom stereocenters. The van der Waals surface area contributed by atoms with Gasteiger partial charge in [0.2, 0.25) is 0 Å². The molecule has 1 fully saturated rings.